The molecule has 0 aliphatic heterocycles. The monoisotopic (exact) mass is 483 g/mol. The average Bonchev–Trinajstić information content (AvgIpc) is 3.51. The number of carbonyl (C=O) groups excluding carboxylic acids is 1. The molecular formula is C24H23ClFN5OS. The molecule has 2 heterocycles. The molecule has 2 aromatic carbocycles. The molecule has 0 saturated carbocycles. The van der Waals surface area contributed by atoms with Crippen molar-refractivity contribution in [2.24, 2.45) is 0 Å². The Morgan fingerprint density at radius 3 is 2.73 bits per heavy atom. The number of rotatable bonds is 10. The third kappa shape index (κ3) is 6.40. The first-order valence-corrected chi connectivity index (χ1v) is 11.7. The molecule has 0 radical (unpaired) electrons. The zero-order valence-electron chi connectivity index (χ0n) is 17.8. The molecule has 4 aromatic rings. The molecule has 33 heavy (non-hydrogen) atoms. The summed E-state index contributed by atoms with van der Waals surface area (Å²) in [5.41, 5.74) is 1.88. The van der Waals surface area contributed by atoms with Crippen molar-refractivity contribution in [2.75, 3.05) is 11.4 Å². The van der Waals surface area contributed by atoms with Crippen LogP contribution >= 0.6 is 22.9 Å². The highest BCUT2D eigenvalue weighted by atomic mass is 35.5. The number of nitrogens with one attached hydrogen (secondary N) is 1. The van der Waals surface area contributed by atoms with E-state index in [2.05, 4.69) is 15.3 Å². The molecule has 0 aliphatic rings. The Kier molecular flexibility index (Phi) is 7.70. The lowest BCUT2D eigenvalue weighted by molar-refractivity contribution is 0.0956. The largest absolute Gasteiger partial charge is 0.351 e. The Balaban J connectivity index is 1.44. The van der Waals surface area contributed by atoms with Gasteiger partial charge in [-0.05, 0) is 35.7 Å². The third-order valence-electron chi connectivity index (χ3n) is 5.03. The van der Waals surface area contributed by atoms with Crippen molar-refractivity contribution in [3.63, 3.8) is 0 Å². The molecule has 1 N–H and O–H groups in total. The molecule has 0 aliphatic carbocycles. The van der Waals surface area contributed by atoms with Gasteiger partial charge in [0, 0.05) is 43.6 Å². The van der Waals surface area contributed by atoms with Crippen LogP contribution in [0.4, 0.5) is 9.52 Å². The van der Waals surface area contributed by atoms with Gasteiger partial charge in [0.05, 0.1) is 12.5 Å². The number of imidazole rings is 1. The van der Waals surface area contributed by atoms with Crippen LogP contribution in [0, 0.1) is 5.82 Å². The van der Waals surface area contributed by atoms with E-state index >= 15 is 0 Å². The van der Waals surface area contributed by atoms with Crippen LogP contribution in [-0.2, 0) is 19.6 Å². The number of carbonyl (C=O) groups is 1. The minimum Gasteiger partial charge on any atom is -0.351 e. The van der Waals surface area contributed by atoms with E-state index in [1.165, 1.54) is 23.5 Å². The second kappa shape index (κ2) is 11.1. The van der Waals surface area contributed by atoms with Crippen molar-refractivity contribution in [2.45, 2.75) is 26.1 Å². The Labute approximate surface area is 200 Å². The Morgan fingerprint density at radius 2 is 1.97 bits per heavy atom. The van der Waals surface area contributed by atoms with Gasteiger partial charge < -0.3 is 14.8 Å². The van der Waals surface area contributed by atoms with Crippen molar-refractivity contribution in [1.29, 1.82) is 0 Å². The first-order chi connectivity index (χ1) is 16.1. The predicted octanol–water partition coefficient (Wildman–Crippen LogP) is 5.16. The van der Waals surface area contributed by atoms with Crippen molar-refractivity contribution in [1.82, 2.24) is 19.9 Å². The van der Waals surface area contributed by atoms with Gasteiger partial charge in [-0.2, -0.15) is 0 Å². The number of thiazole rings is 1. The summed E-state index contributed by atoms with van der Waals surface area (Å²) in [6, 6.07) is 14.0. The highest BCUT2D eigenvalue weighted by Gasteiger charge is 2.17. The van der Waals surface area contributed by atoms with E-state index in [-0.39, 0.29) is 11.7 Å². The second-order valence-electron chi connectivity index (χ2n) is 7.49. The molecule has 0 bridgehead atoms. The molecule has 4 rings (SSSR count). The van der Waals surface area contributed by atoms with Crippen molar-refractivity contribution in [3.8, 4) is 0 Å². The number of hydrogen-bond acceptors (Lipinski definition) is 5. The van der Waals surface area contributed by atoms with Gasteiger partial charge in [0.25, 0.3) is 5.91 Å². The minimum atomic E-state index is -0.280. The number of amides is 1. The zero-order valence-corrected chi connectivity index (χ0v) is 19.4. The van der Waals surface area contributed by atoms with Crippen LogP contribution < -0.4 is 10.2 Å². The summed E-state index contributed by atoms with van der Waals surface area (Å²) in [6.45, 7) is 2.36. The first kappa shape index (κ1) is 22.9. The standard InChI is InChI=1S/C24H23ClFN5OS/c25-21-5-2-1-4-19(21)16-31(15-18-6-8-20(26)9-7-18)24-29-14-22(33-24)23(32)28-10-3-12-30-13-11-27-17-30/h1-2,4-9,11,13-14,17H,3,10,12,15-16H2,(H,28,32). The Morgan fingerprint density at radius 1 is 1.15 bits per heavy atom. The maximum absolute atomic E-state index is 13.4. The number of anilines is 1. The van der Waals surface area contributed by atoms with E-state index in [4.69, 9.17) is 11.6 Å². The van der Waals surface area contributed by atoms with Gasteiger partial charge in [0.15, 0.2) is 5.13 Å². The summed E-state index contributed by atoms with van der Waals surface area (Å²) in [5.74, 6) is -0.429. The summed E-state index contributed by atoms with van der Waals surface area (Å²) in [5, 5.41) is 4.30. The van der Waals surface area contributed by atoms with Crippen LogP contribution in [0.25, 0.3) is 0 Å². The van der Waals surface area contributed by atoms with E-state index in [0.29, 0.717) is 34.7 Å². The lowest BCUT2D eigenvalue weighted by Crippen LogP contribution is -2.24. The highest BCUT2D eigenvalue weighted by molar-refractivity contribution is 7.17. The van der Waals surface area contributed by atoms with Crippen LogP contribution in [0.3, 0.4) is 0 Å². The van der Waals surface area contributed by atoms with E-state index in [1.54, 1.807) is 30.9 Å². The third-order valence-corrected chi connectivity index (χ3v) is 6.46. The van der Waals surface area contributed by atoms with E-state index in [1.807, 2.05) is 39.9 Å². The molecule has 2 aromatic heterocycles. The fraction of sp³-hybridized carbons (Fsp3) is 0.208. The Bertz CT molecular complexity index is 1180. The highest BCUT2D eigenvalue weighted by Crippen LogP contribution is 2.28. The van der Waals surface area contributed by atoms with Crippen LogP contribution in [0.5, 0.6) is 0 Å². The van der Waals surface area contributed by atoms with E-state index < -0.39 is 0 Å². The molecule has 1 amide bonds. The number of benzene rings is 2. The molecule has 0 spiro atoms. The molecule has 6 nitrogen and oxygen atoms in total. The normalized spacial score (nSPS) is 10.8. The first-order valence-electron chi connectivity index (χ1n) is 10.5. The number of aryl methyl sites for hydroxylation is 1. The number of aromatic nitrogens is 3. The topological polar surface area (TPSA) is 63.1 Å². The predicted molar refractivity (Wildman–Crippen MR) is 129 cm³/mol. The summed E-state index contributed by atoms with van der Waals surface area (Å²) in [4.78, 5) is 23.7. The fourth-order valence-corrected chi connectivity index (χ4v) is 4.35. The van der Waals surface area contributed by atoms with Crippen molar-refractivity contribution < 1.29 is 9.18 Å². The van der Waals surface area contributed by atoms with Crippen molar-refractivity contribution in [3.05, 3.63) is 100 Å². The number of hydrogen-bond donors (Lipinski definition) is 1. The smallest absolute Gasteiger partial charge is 0.263 e. The van der Waals surface area contributed by atoms with Gasteiger partial charge in [-0.3, -0.25) is 4.79 Å². The number of halogens is 2. The Hall–Kier alpha value is -3.23. The maximum atomic E-state index is 13.4. The van der Waals surface area contributed by atoms with Gasteiger partial charge in [-0.25, -0.2) is 14.4 Å². The van der Waals surface area contributed by atoms with Crippen LogP contribution in [0.15, 0.2) is 73.4 Å². The molecule has 0 atom stereocenters. The summed E-state index contributed by atoms with van der Waals surface area (Å²) >= 11 is 7.70. The van der Waals surface area contributed by atoms with Crippen molar-refractivity contribution >= 4 is 34.0 Å². The molecule has 0 fully saturated rings. The molecule has 0 unspecified atom stereocenters. The van der Waals surface area contributed by atoms with Gasteiger partial charge in [0.1, 0.15) is 10.7 Å². The van der Waals surface area contributed by atoms with Gasteiger partial charge in [0.2, 0.25) is 0 Å². The van der Waals surface area contributed by atoms with E-state index in [0.717, 1.165) is 24.1 Å². The summed E-state index contributed by atoms with van der Waals surface area (Å²) in [6.07, 6.45) is 7.78. The minimum absolute atomic E-state index is 0.149. The molecule has 0 saturated heterocycles. The van der Waals surface area contributed by atoms with Gasteiger partial charge in [-0.15, -0.1) is 0 Å². The molecule has 9 heteroatoms. The molecule has 170 valence electrons. The summed E-state index contributed by atoms with van der Waals surface area (Å²) < 4.78 is 15.3. The SMILES string of the molecule is O=C(NCCCn1ccnc1)c1cnc(N(Cc2ccc(F)cc2)Cc2ccccc2Cl)s1. The second-order valence-corrected chi connectivity index (χ2v) is 8.91. The fourth-order valence-electron chi connectivity index (χ4n) is 3.32. The van der Waals surface area contributed by atoms with Gasteiger partial charge in [-0.1, -0.05) is 53.3 Å². The quantitative estimate of drug-likeness (QED) is 0.316. The van der Waals surface area contributed by atoms with Crippen LogP contribution in [0.1, 0.15) is 27.2 Å². The van der Waals surface area contributed by atoms with Gasteiger partial charge >= 0.3 is 0 Å². The number of nitrogens with zero attached hydrogens (tertiary/aromatic N) is 4. The zero-order chi connectivity index (χ0) is 23.0. The average molecular weight is 484 g/mol. The van der Waals surface area contributed by atoms with Crippen LogP contribution in [-0.4, -0.2) is 27.0 Å². The lowest BCUT2D eigenvalue weighted by atomic mass is 10.2. The molecular weight excluding hydrogens is 461 g/mol. The summed E-state index contributed by atoms with van der Waals surface area (Å²) in [7, 11) is 0. The van der Waals surface area contributed by atoms with E-state index in [9.17, 15) is 9.18 Å². The lowest BCUT2D eigenvalue weighted by Gasteiger charge is -2.22. The maximum Gasteiger partial charge on any atom is 0.263 e. The van der Waals surface area contributed by atoms with Crippen LogP contribution in [0.2, 0.25) is 5.02 Å².